The fourth-order valence-corrected chi connectivity index (χ4v) is 12.4. The van der Waals surface area contributed by atoms with Crippen LogP contribution in [-0.4, -0.2) is 0 Å². The van der Waals surface area contributed by atoms with E-state index in [-0.39, 0.29) is 10.8 Å². The van der Waals surface area contributed by atoms with E-state index in [4.69, 9.17) is 0 Å². The second-order valence-electron chi connectivity index (χ2n) is 20.3. The molecule has 8 aromatic rings. The summed E-state index contributed by atoms with van der Waals surface area (Å²) in [7, 11) is 0. The number of fused-ring (bicyclic) bond motifs is 13. The Hall–Kier alpha value is -6.44. The number of hydrogen-bond donors (Lipinski definition) is 0. The third kappa shape index (κ3) is 5.54. The molecule has 1 spiro atoms. The van der Waals surface area contributed by atoms with Gasteiger partial charge >= 0.3 is 0 Å². The van der Waals surface area contributed by atoms with Gasteiger partial charge in [0.05, 0.1) is 11.1 Å². The van der Waals surface area contributed by atoms with Gasteiger partial charge in [0.25, 0.3) is 0 Å². The molecule has 1 saturated carbocycles. The Kier molecular flexibility index (Phi) is 8.52. The summed E-state index contributed by atoms with van der Waals surface area (Å²) in [6.45, 7) is 11.8. The molecule has 0 saturated heterocycles. The third-order valence-corrected chi connectivity index (χ3v) is 15.5. The molecule has 308 valence electrons. The van der Waals surface area contributed by atoms with Crippen molar-refractivity contribution in [2.24, 2.45) is 0 Å². The molecule has 8 aromatic carbocycles. The van der Waals surface area contributed by atoms with Crippen molar-refractivity contribution in [3.63, 3.8) is 0 Å². The van der Waals surface area contributed by atoms with Gasteiger partial charge in [-0.25, -0.2) is 0 Å². The van der Waals surface area contributed by atoms with E-state index in [1.165, 1.54) is 138 Å². The van der Waals surface area contributed by atoms with Gasteiger partial charge in [0.1, 0.15) is 0 Å². The van der Waals surface area contributed by atoms with Gasteiger partial charge in [-0.3, -0.25) is 0 Å². The lowest BCUT2D eigenvalue weighted by Gasteiger charge is -2.34. The summed E-state index contributed by atoms with van der Waals surface area (Å²) in [5.41, 5.74) is 24.8. The van der Waals surface area contributed by atoms with E-state index in [1.54, 1.807) is 0 Å². The van der Waals surface area contributed by atoms with Crippen molar-refractivity contribution in [1.82, 2.24) is 0 Å². The Morgan fingerprint density at radius 3 is 1.51 bits per heavy atom. The van der Waals surface area contributed by atoms with Gasteiger partial charge in [0, 0.05) is 22.4 Å². The summed E-state index contributed by atoms with van der Waals surface area (Å²) in [6.07, 6.45) is 6.48. The summed E-state index contributed by atoms with van der Waals surface area (Å²) in [6, 6.07) is 68.0. The Balaban J connectivity index is 1.13. The summed E-state index contributed by atoms with van der Waals surface area (Å²) in [4.78, 5) is 2.59. The zero-order valence-corrected chi connectivity index (χ0v) is 37.3. The molecule has 1 fully saturated rings. The highest BCUT2D eigenvalue weighted by Crippen LogP contribution is 2.64. The molecule has 0 amide bonds. The van der Waals surface area contributed by atoms with E-state index in [9.17, 15) is 0 Å². The summed E-state index contributed by atoms with van der Waals surface area (Å²) in [5, 5.41) is 0. The van der Waals surface area contributed by atoms with Crippen LogP contribution in [0.15, 0.2) is 176 Å². The van der Waals surface area contributed by atoms with Crippen molar-refractivity contribution >= 4 is 17.1 Å². The molecule has 1 atom stereocenters. The minimum atomic E-state index is -0.463. The maximum atomic E-state index is 2.59. The highest BCUT2D eigenvalue weighted by atomic mass is 15.1. The molecule has 12 rings (SSSR count). The zero-order valence-electron chi connectivity index (χ0n) is 37.3. The normalized spacial score (nSPS) is 17.7. The van der Waals surface area contributed by atoms with Crippen molar-refractivity contribution in [1.29, 1.82) is 0 Å². The molecule has 63 heavy (non-hydrogen) atoms. The van der Waals surface area contributed by atoms with Crippen molar-refractivity contribution in [3.05, 3.63) is 220 Å². The van der Waals surface area contributed by atoms with Crippen LogP contribution in [0, 0.1) is 0 Å². The number of benzene rings is 8. The van der Waals surface area contributed by atoms with Gasteiger partial charge in [-0.15, -0.1) is 0 Å². The van der Waals surface area contributed by atoms with Crippen LogP contribution >= 0.6 is 0 Å². The standard InChI is InChI=1S/C62H55N/c1-60(2,3)41-31-34-50-47-24-12-16-28-54(47)62(57(50)37-41)55-29-17-13-25-48(55)51-36-33-43(39-58(51)62)63(42-32-35-49-46-23-11-15-27-53(46)61(4,5)56(49)38-42)59-30-18-14-26-52(59)45-22-10-9-21-44(45)40-19-7-6-8-20-40/h9-18,21-40H,6-8,19-20H2,1-5H3. The molecule has 0 aromatic heterocycles. The van der Waals surface area contributed by atoms with Crippen LogP contribution in [0.25, 0.3) is 44.5 Å². The Bertz CT molecular complexity index is 3120. The molecule has 1 nitrogen and oxygen atoms in total. The second-order valence-corrected chi connectivity index (χ2v) is 20.3. The van der Waals surface area contributed by atoms with Gasteiger partial charge in [0.15, 0.2) is 0 Å². The SMILES string of the molecule is CC(C)(C)c1ccc2c(c1)C1(c3ccccc3-c3ccc(N(c4ccc5c(c4)C(C)(C)c4ccccc4-5)c4ccccc4-c4ccccc4C4CCCCC4)cc31)c1ccccc1-2. The molecule has 4 aliphatic carbocycles. The van der Waals surface area contributed by atoms with Crippen LogP contribution in [0.4, 0.5) is 17.1 Å². The lowest BCUT2D eigenvalue weighted by Crippen LogP contribution is -2.27. The topological polar surface area (TPSA) is 3.24 Å². The molecule has 0 radical (unpaired) electrons. The Morgan fingerprint density at radius 1 is 0.413 bits per heavy atom. The molecule has 0 bridgehead atoms. The lowest BCUT2D eigenvalue weighted by atomic mass is 9.69. The van der Waals surface area contributed by atoms with Crippen molar-refractivity contribution < 1.29 is 0 Å². The number of para-hydroxylation sites is 1. The Labute approximate surface area is 374 Å². The van der Waals surface area contributed by atoms with Gasteiger partial charge in [-0.05, 0) is 138 Å². The summed E-state index contributed by atoms with van der Waals surface area (Å²) >= 11 is 0. The molecule has 0 aliphatic heterocycles. The number of rotatable bonds is 5. The predicted octanol–water partition coefficient (Wildman–Crippen LogP) is 16.8. The fourth-order valence-electron chi connectivity index (χ4n) is 12.4. The number of anilines is 3. The van der Waals surface area contributed by atoms with E-state index in [0.29, 0.717) is 5.92 Å². The van der Waals surface area contributed by atoms with Crippen LogP contribution in [0.2, 0.25) is 0 Å². The first-order valence-corrected chi connectivity index (χ1v) is 23.4. The van der Waals surface area contributed by atoms with Crippen LogP contribution in [0.1, 0.15) is 117 Å². The zero-order chi connectivity index (χ0) is 42.7. The largest absolute Gasteiger partial charge is 0.310 e. The monoisotopic (exact) mass is 813 g/mol. The Morgan fingerprint density at radius 2 is 0.873 bits per heavy atom. The van der Waals surface area contributed by atoms with E-state index in [1.807, 2.05) is 0 Å². The van der Waals surface area contributed by atoms with Gasteiger partial charge < -0.3 is 4.90 Å². The minimum Gasteiger partial charge on any atom is -0.310 e. The lowest BCUT2D eigenvalue weighted by molar-refractivity contribution is 0.444. The average molecular weight is 814 g/mol. The molecular weight excluding hydrogens is 759 g/mol. The fraction of sp³-hybridized carbons (Fsp3) is 0.226. The van der Waals surface area contributed by atoms with Crippen molar-refractivity contribution in [2.45, 2.75) is 88.9 Å². The van der Waals surface area contributed by atoms with Crippen LogP contribution in [0.3, 0.4) is 0 Å². The summed E-state index contributed by atoms with van der Waals surface area (Å²) in [5.74, 6) is 0.578. The molecular formula is C62H55N. The molecule has 4 aliphatic rings. The number of nitrogens with zero attached hydrogens (tertiary/aromatic N) is 1. The van der Waals surface area contributed by atoms with E-state index in [2.05, 4.69) is 215 Å². The van der Waals surface area contributed by atoms with E-state index < -0.39 is 5.41 Å². The minimum absolute atomic E-state index is 0.00320. The smallest absolute Gasteiger partial charge is 0.0726 e. The molecule has 1 unspecified atom stereocenters. The molecule has 0 heterocycles. The van der Waals surface area contributed by atoms with Gasteiger partial charge in [-0.2, -0.15) is 0 Å². The van der Waals surface area contributed by atoms with Crippen LogP contribution in [-0.2, 0) is 16.2 Å². The molecule has 0 N–H and O–H groups in total. The first-order chi connectivity index (χ1) is 30.7. The van der Waals surface area contributed by atoms with E-state index in [0.717, 1.165) is 0 Å². The third-order valence-electron chi connectivity index (χ3n) is 15.5. The van der Waals surface area contributed by atoms with Crippen molar-refractivity contribution in [2.75, 3.05) is 4.90 Å². The van der Waals surface area contributed by atoms with Gasteiger partial charge in [-0.1, -0.05) is 199 Å². The maximum absolute atomic E-state index is 2.59. The predicted molar refractivity (Wildman–Crippen MR) is 265 cm³/mol. The van der Waals surface area contributed by atoms with Gasteiger partial charge in [0.2, 0.25) is 0 Å². The molecule has 1 heteroatoms. The van der Waals surface area contributed by atoms with Crippen LogP contribution < -0.4 is 4.90 Å². The summed E-state index contributed by atoms with van der Waals surface area (Å²) < 4.78 is 0. The maximum Gasteiger partial charge on any atom is 0.0726 e. The average Bonchev–Trinajstić information content (AvgIpc) is 3.87. The first kappa shape index (κ1) is 38.3. The highest BCUT2D eigenvalue weighted by molar-refractivity contribution is 5.98. The van der Waals surface area contributed by atoms with Crippen molar-refractivity contribution in [3.8, 4) is 44.5 Å². The number of hydrogen-bond acceptors (Lipinski definition) is 1. The van der Waals surface area contributed by atoms with Crippen LogP contribution in [0.5, 0.6) is 0 Å². The quantitative estimate of drug-likeness (QED) is 0.167. The first-order valence-electron chi connectivity index (χ1n) is 23.4. The second kappa shape index (κ2) is 14.0. The highest BCUT2D eigenvalue weighted by Gasteiger charge is 2.52. The van der Waals surface area contributed by atoms with E-state index >= 15 is 0 Å².